The molecule has 0 spiro atoms. The first-order chi connectivity index (χ1) is 11.0. The monoisotopic (exact) mass is 347 g/mol. The molecule has 1 aliphatic heterocycles. The number of aromatic nitrogens is 1. The van der Waals surface area contributed by atoms with Crippen LogP contribution in [-0.4, -0.2) is 51.1 Å². The lowest BCUT2D eigenvalue weighted by molar-refractivity contribution is -0.385. The van der Waals surface area contributed by atoms with E-state index in [1.54, 1.807) is 0 Å². The summed E-state index contributed by atoms with van der Waals surface area (Å²) in [6, 6.07) is 0.918. The highest BCUT2D eigenvalue weighted by Crippen LogP contribution is 2.38. The van der Waals surface area contributed by atoms with Crippen molar-refractivity contribution in [3.05, 3.63) is 33.6 Å². The molecule has 1 aliphatic rings. The largest absolute Gasteiger partial charge is 0.481 e. The Morgan fingerprint density at radius 1 is 1.42 bits per heavy atom. The van der Waals surface area contributed by atoms with Crippen LogP contribution in [0.1, 0.15) is 16.1 Å². The molecular weight excluding hydrogens is 335 g/mol. The minimum Gasteiger partial charge on any atom is -0.481 e. The van der Waals surface area contributed by atoms with E-state index in [0.717, 1.165) is 17.2 Å². The highest BCUT2D eigenvalue weighted by atomic mass is 19.4. The maximum Gasteiger partial charge on any atom is 0.394 e. The maximum absolute atomic E-state index is 13.0. The van der Waals surface area contributed by atoms with Crippen LogP contribution in [0.5, 0.6) is 0 Å². The number of aryl methyl sites for hydroxylation is 1. The summed E-state index contributed by atoms with van der Waals surface area (Å²) >= 11 is 0. The van der Waals surface area contributed by atoms with Crippen LogP contribution in [0.4, 0.5) is 18.9 Å². The topological polar surface area (TPSA) is 114 Å². The molecule has 1 aromatic rings. The van der Waals surface area contributed by atoms with E-state index >= 15 is 0 Å². The van der Waals surface area contributed by atoms with Crippen molar-refractivity contribution in [3.8, 4) is 0 Å². The predicted molar refractivity (Wildman–Crippen MR) is 72.2 cm³/mol. The number of carboxylic acids is 1. The summed E-state index contributed by atoms with van der Waals surface area (Å²) in [6.07, 6.45) is -3.84. The van der Waals surface area contributed by atoms with Gasteiger partial charge in [-0.15, -0.1) is 0 Å². The van der Waals surface area contributed by atoms with Gasteiger partial charge in [0.15, 0.2) is 0 Å². The molecule has 1 N–H and O–H groups in total. The normalized spacial score (nSPS) is 20.9. The van der Waals surface area contributed by atoms with Gasteiger partial charge in [-0.25, -0.2) is 0 Å². The fourth-order valence-electron chi connectivity index (χ4n) is 2.56. The molecule has 8 nitrogen and oxygen atoms in total. The van der Waals surface area contributed by atoms with Crippen LogP contribution in [0.3, 0.4) is 0 Å². The van der Waals surface area contributed by atoms with Crippen LogP contribution in [0.25, 0.3) is 0 Å². The molecule has 0 bridgehead atoms. The van der Waals surface area contributed by atoms with Crippen LogP contribution in [0.2, 0.25) is 0 Å². The number of rotatable bonds is 3. The van der Waals surface area contributed by atoms with Crippen molar-refractivity contribution in [2.75, 3.05) is 13.1 Å². The molecular formula is C13H12F3N3O5. The summed E-state index contributed by atoms with van der Waals surface area (Å²) in [5, 5.41) is 19.7. The standard InChI is InChI=1S/C13H12F3N3O5/c1-6-8(2-7(3-17-6)19(23)24)11(20)18-4-9(12(21)22)10(5-18)13(14,15)16/h2-3,9-10H,4-5H2,1H3,(H,21,22)/t9-,10-/m1/s1. The zero-order valence-corrected chi connectivity index (χ0v) is 12.3. The van der Waals surface area contributed by atoms with Gasteiger partial charge in [-0.1, -0.05) is 0 Å². The first-order valence-electron chi connectivity index (χ1n) is 6.72. The number of aliphatic carboxylic acids is 1. The van der Waals surface area contributed by atoms with Crippen molar-refractivity contribution >= 4 is 17.6 Å². The van der Waals surface area contributed by atoms with Gasteiger partial charge < -0.3 is 10.0 Å². The summed E-state index contributed by atoms with van der Waals surface area (Å²) in [6.45, 7) is -0.0646. The second-order valence-electron chi connectivity index (χ2n) is 5.39. The van der Waals surface area contributed by atoms with Crippen molar-refractivity contribution in [1.29, 1.82) is 0 Å². The number of nitro groups is 1. The number of pyridine rings is 1. The van der Waals surface area contributed by atoms with Crippen molar-refractivity contribution in [1.82, 2.24) is 9.88 Å². The molecule has 130 valence electrons. The molecule has 1 saturated heterocycles. The first kappa shape index (κ1) is 17.6. The molecule has 0 aliphatic carbocycles. The first-order valence-corrected chi connectivity index (χ1v) is 6.72. The highest BCUT2D eigenvalue weighted by Gasteiger charge is 2.53. The van der Waals surface area contributed by atoms with E-state index in [1.807, 2.05) is 0 Å². The Morgan fingerprint density at radius 3 is 2.50 bits per heavy atom. The molecule has 0 saturated carbocycles. The average Bonchev–Trinajstić information content (AvgIpc) is 2.92. The predicted octanol–water partition coefficient (Wildman–Crippen LogP) is 1.63. The quantitative estimate of drug-likeness (QED) is 0.657. The van der Waals surface area contributed by atoms with Crippen molar-refractivity contribution < 1.29 is 32.8 Å². The van der Waals surface area contributed by atoms with Gasteiger partial charge in [0.25, 0.3) is 11.6 Å². The molecule has 0 aromatic carbocycles. The van der Waals surface area contributed by atoms with Crippen LogP contribution < -0.4 is 0 Å². The number of carbonyl (C=O) groups is 2. The van der Waals surface area contributed by atoms with Crippen LogP contribution in [0, 0.1) is 28.9 Å². The molecule has 0 unspecified atom stereocenters. The zero-order valence-electron chi connectivity index (χ0n) is 12.3. The minimum absolute atomic E-state index is 0.105. The molecule has 2 rings (SSSR count). The van der Waals surface area contributed by atoms with E-state index in [1.165, 1.54) is 6.92 Å². The fraction of sp³-hybridized carbons (Fsp3) is 0.462. The summed E-state index contributed by atoms with van der Waals surface area (Å²) in [5.74, 6) is -6.53. The number of hydrogen-bond donors (Lipinski definition) is 1. The Labute approximate surface area is 133 Å². The second kappa shape index (κ2) is 6.06. The number of carbonyl (C=O) groups excluding carboxylic acids is 1. The lowest BCUT2D eigenvalue weighted by Gasteiger charge is -2.18. The molecule has 2 atom stereocenters. The highest BCUT2D eigenvalue weighted by molar-refractivity contribution is 5.96. The molecule has 1 fully saturated rings. The smallest absolute Gasteiger partial charge is 0.394 e. The van der Waals surface area contributed by atoms with Crippen molar-refractivity contribution in [2.24, 2.45) is 11.8 Å². The van der Waals surface area contributed by atoms with Gasteiger partial charge in [-0.3, -0.25) is 24.7 Å². The number of amides is 1. The average molecular weight is 347 g/mol. The third-order valence-electron chi connectivity index (χ3n) is 3.86. The number of alkyl halides is 3. The van der Waals surface area contributed by atoms with E-state index in [9.17, 15) is 32.9 Å². The van der Waals surface area contributed by atoms with Crippen molar-refractivity contribution in [2.45, 2.75) is 13.1 Å². The van der Waals surface area contributed by atoms with E-state index in [0.29, 0.717) is 0 Å². The van der Waals surface area contributed by atoms with Gasteiger partial charge >= 0.3 is 12.1 Å². The lowest BCUT2D eigenvalue weighted by atomic mass is 9.96. The van der Waals surface area contributed by atoms with Gasteiger partial charge in [0, 0.05) is 19.2 Å². The van der Waals surface area contributed by atoms with Crippen LogP contribution in [-0.2, 0) is 4.79 Å². The minimum atomic E-state index is -4.77. The Kier molecular flexibility index (Phi) is 4.45. The number of nitrogens with zero attached hydrogens (tertiary/aromatic N) is 3. The van der Waals surface area contributed by atoms with E-state index in [-0.39, 0.29) is 11.3 Å². The zero-order chi connectivity index (χ0) is 18.2. The molecule has 11 heteroatoms. The number of hydrogen-bond acceptors (Lipinski definition) is 5. The number of carboxylic acid groups (broad SMARTS) is 1. The van der Waals surface area contributed by atoms with E-state index < -0.39 is 53.6 Å². The summed E-state index contributed by atoms with van der Waals surface area (Å²) in [4.78, 5) is 37.8. The molecule has 24 heavy (non-hydrogen) atoms. The Balaban J connectivity index is 2.33. The van der Waals surface area contributed by atoms with Gasteiger partial charge in [0.05, 0.1) is 28.0 Å². The Bertz CT molecular complexity index is 707. The lowest BCUT2D eigenvalue weighted by Crippen LogP contribution is -2.34. The molecule has 1 aromatic heterocycles. The van der Waals surface area contributed by atoms with Gasteiger partial charge in [0.2, 0.25) is 0 Å². The van der Waals surface area contributed by atoms with Crippen molar-refractivity contribution in [3.63, 3.8) is 0 Å². The second-order valence-corrected chi connectivity index (χ2v) is 5.39. The summed E-state index contributed by atoms with van der Waals surface area (Å²) in [7, 11) is 0. The molecule has 2 heterocycles. The maximum atomic E-state index is 13.0. The summed E-state index contributed by atoms with van der Waals surface area (Å²) < 4.78 is 38.9. The third kappa shape index (κ3) is 3.29. The number of likely N-dealkylation sites (tertiary alicyclic amines) is 1. The molecule has 1 amide bonds. The van der Waals surface area contributed by atoms with E-state index in [4.69, 9.17) is 5.11 Å². The Morgan fingerprint density at radius 2 is 2.04 bits per heavy atom. The molecule has 0 radical (unpaired) electrons. The Hall–Kier alpha value is -2.72. The summed E-state index contributed by atoms with van der Waals surface area (Å²) in [5.41, 5.74) is -0.602. The third-order valence-corrected chi connectivity index (χ3v) is 3.86. The van der Waals surface area contributed by atoms with E-state index in [2.05, 4.69) is 4.98 Å². The van der Waals surface area contributed by atoms with Gasteiger partial charge in [-0.05, 0) is 6.92 Å². The number of halogens is 3. The van der Waals surface area contributed by atoms with Crippen LogP contribution in [0.15, 0.2) is 12.3 Å². The van der Waals surface area contributed by atoms with Crippen LogP contribution >= 0.6 is 0 Å². The van der Waals surface area contributed by atoms with Gasteiger partial charge in [0.1, 0.15) is 6.20 Å². The fourth-order valence-corrected chi connectivity index (χ4v) is 2.56. The van der Waals surface area contributed by atoms with Gasteiger partial charge in [-0.2, -0.15) is 13.2 Å². The SMILES string of the molecule is Cc1ncc([N+](=O)[O-])cc1C(=O)N1C[C@@H](C(F)(F)F)[C@H](C(=O)O)C1.